The second-order valence-electron chi connectivity index (χ2n) is 8.13. The summed E-state index contributed by atoms with van der Waals surface area (Å²) in [7, 11) is 0. The van der Waals surface area contributed by atoms with Gasteiger partial charge in [0, 0.05) is 40.3 Å². The van der Waals surface area contributed by atoms with E-state index in [4.69, 9.17) is 9.47 Å². The largest absolute Gasteiger partial charge is 0.445 e. The van der Waals surface area contributed by atoms with Crippen LogP contribution in [0.3, 0.4) is 0 Å². The highest BCUT2D eigenvalue weighted by molar-refractivity contribution is 7.99. The van der Waals surface area contributed by atoms with E-state index in [-0.39, 0.29) is 25.3 Å². The van der Waals surface area contributed by atoms with E-state index >= 15 is 0 Å². The molecule has 1 aliphatic heterocycles. The number of nitrogens with zero attached hydrogens (tertiary/aromatic N) is 1. The van der Waals surface area contributed by atoms with E-state index in [9.17, 15) is 9.59 Å². The molecule has 0 saturated carbocycles. The molecule has 0 bridgehead atoms. The number of alkyl carbamates (subject to hydrolysis) is 2. The number of rotatable bonds is 8. The van der Waals surface area contributed by atoms with Gasteiger partial charge in [-0.3, -0.25) is 0 Å². The highest BCUT2D eigenvalue weighted by Crippen LogP contribution is 2.39. The predicted molar refractivity (Wildman–Crippen MR) is 120 cm³/mol. The zero-order valence-corrected chi connectivity index (χ0v) is 19.4. The van der Waals surface area contributed by atoms with E-state index in [0.717, 1.165) is 46.1 Å². The van der Waals surface area contributed by atoms with E-state index in [1.165, 1.54) is 0 Å². The Morgan fingerprint density at radius 2 is 1.55 bits per heavy atom. The molecule has 0 atom stereocenters. The number of amides is 2. The first-order valence-corrected chi connectivity index (χ1v) is 11.5. The zero-order valence-electron chi connectivity index (χ0n) is 18.6. The molecule has 2 aromatic rings. The maximum absolute atomic E-state index is 12.1. The molecule has 1 aliphatic rings. The molecule has 168 valence electrons. The van der Waals surface area contributed by atoms with Gasteiger partial charge in [0.2, 0.25) is 0 Å². The number of carbonyl (C=O) groups excluding carboxylic acids is 2. The van der Waals surface area contributed by atoms with Crippen LogP contribution in [-0.2, 0) is 35.7 Å². The Labute approximate surface area is 187 Å². The van der Waals surface area contributed by atoms with Crippen LogP contribution in [0.25, 0.3) is 0 Å². The summed E-state index contributed by atoms with van der Waals surface area (Å²) in [6.45, 7) is 8.71. The number of hydrogen-bond donors (Lipinski definition) is 2. The maximum Gasteiger partial charge on any atom is 0.407 e. The van der Waals surface area contributed by atoms with E-state index < -0.39 is 12.2 Å². The molecule has 8 heteroatoms. The molecule has 7 nitrogen and oxygen atoms in total. The normalized spacial score (nSPS) is 12.7. The number of fused-ring (bicyclic) bond motifs is 1. The minimum Gasteiger partial charge on any atom is -0.445 e. The molecule has 0 aliphatic carbocycles. The van der Waals surface area contributed by atoms with Gasteiger partial charge in [0.1, 0.15) is 13.2 Å². The van der Waals surface area contributed by atoms with Gasteiger partial charge >= 0.3 is 12.2 Å². The van der Waals surface area contributed by atoms with Crippen molar-refractivity contribution in [1.82, 2.24) is 15.2 Å². The summed E-state index contributed by atoms with van der Waals surface area (Å²) in [5.41, 5.74) is 2.99. The van der Waals surface area contributed by atoms with E-state index in [0.29, 0.717) is 0 Å². The number of benzene rings is 1. The van der Waals surface area contributed by atoms with Crippen LogP contribution in [0.15, 0.2) is 40.3 Å². The molecule has 2 N–H and O–H groups in total. The van der Waals surface area contributed by atoms with Crippen molar-refractivity contribution >= 4 is 23.9 Å². The smallest absolute Gasteiger partial charge is 0.407 e. The van der Waals surface area contributed by atoms with Crippen LogP contribution in [0.5, 0.6) is 0 Å². The Hall–Kier alpha value is -2.61. The molecule has 0 saturated heterocycles. The standard InChI is InChI=1S/C23H31N3O4S/c1-15(2)24-22(27)29-13-18-19(14-30-23(28)25-16(3)4)21(26-12-8-11-20(18)26)31-17-9-6-5-7-10-17/h5-7,9-10,15-16H,8,11-14H2,1-4H3,(H,24,27)(H,25,28). The fourth-order valence-corrected chi connectivity index (χ4v) is 4.68. The second-order valence-corrected chi connectivity index (χ2v) is 9.19. The molecule has 0 spiro atoms. The summed E-state index contributed by atoms with van der Waals surface area (Å²) >= 11 is 1.65. The Morgan fingerprint density at radius 3 is 2.13 bits per heavy atom. The van der Waals surface area contributed by atoms with Gasteiger partial charge in [-0.1, -0.05) is 30.0 Å². The lowest BCUT2D eigenvalue weighted by Crippen LogP contribution is -2.31. The van der Waals surface area contributed by atoms with Crippen molar-refractivity contribution in [2.75, 3.05) is 0 Å². The third-order valence-corrected chi connectivity index (χ3v) is 5.97. The van der Waals surface area contributed by atoms with E-state index in [2.05, 4.69) is 27.3 Å². The first-order chi connectivity index (χ1) is 14.8. The van der Waals surface area contributed by atoms with Gasteiger partial charge in [0.05, 0.1) is 5.03 Å². The quantitative estimate of drug-likeness (QED) is 0.607. The number of aromatic nitrogens is 1. The van der Waals surface area contributed by atoms with Crippen molar-refractivity contribution in [3.05, 3.63) is 47.2 Å². The topological polar surface area (TPSA) is 81.6 Å². The number of nitrogens with one attached hydrogen (secondary N) is 2. The van der Waals surface area contributed by atoms with E-state index in [1.807, 2.05) is 45.9 Å². The van der Waals surface area contributed by atoms with Crippen molar-refractivity contribution in [3.8, 4) is 0 Å². The predicted octanol–water partition coefficient (Wildman–Crippen LogP) is 4.85. The lowest BCUT2D eigenvalue weighted by Gasteiger charge is -2.14. The van der Waals surface area contributed by atoms with Crippen LogP contribution in [-0.4, -0.2) is 28.8 Å². The summed E-state index contributed by atoms with van der Waals surface area (Å²) in [5, 5.41) is 6.54. The Balaban J connectivity index is 1.89. The second kappa shape index (κ2) is 10.6. The molecule has 2 amide bonds. The zero-order chi connectivity index (χ0) is 22.4. The van der Waals surface area contributed by atoms with Crippen molar-refractivity contribution in [1.29, 1.82) is 0 Å². The first-order valence-electron chi connectivity index (χ1n) is 10.7. The highest BCUT2D eigenvalue weighted by atomic mass is 32.2. The van der Waals surface area contributed by atoms with Gasteiger partial charge in [-0.15, -0.1) is 0 Å². The molecular weight excluding hydrogens is 414 g/mol. The highest BCUT2D eigenvalue weighted by Gasteiger charge is 2.28. The maximum atomic E-state index is 12.1. The van der Waals surface area contributed by atoms with Crippen molar-refractivity contribution in [3.63, 3.8) is 0 Å². The SMILES string of the molecule is CC(C)NC(=O)OCc1c(COC(=O)NC(C)C)c(Sc2ccccc2)n2c1CCC2. The van der Waals surface area contributed by atoms with Crippen LogP contribution < -0.4 is 10.6 Å². The summed E-state index contributed by atoms with van der Waals surface area (Å²) < 4.78 is 13.3. The van der Waals surface area contributed by atoms with Crippen LogP contribution in [0.2, 0.25) is 0 Å². The van der Waals surface area contributed by atoms with Crippen molar-refractivity contribution in [2.24, 2.45) is 0 Å². The van der Waals surface area contributed by atoms with Crippen LogP contribution >= 0.6 is 11.8 Å². The number of carbonyl (C=O) groups is 2. The van der Waals surface area contributed by atoms with Gasteiger partial charge in [-0.05, 0) is 52.7 Å². The van der Waals surface area contributed by atoms with E-state index in [1.54, 1.807) is 11.8 Å². The minimum absolute atomic E-state index is 0.000942. The van der Waals surface area contributed by atoms with Crippen molar-refractivity contribution < 1.29 is 19.1 Å². The third kappa shape index (κ3) is 6.19. The molecule has 0 unspecified atom stereocenters. The summed E-state index contributed by atoms with van der Waals surface area (Å²) in [4.78, 5) is 25.3. The van der Waals surface area contributed by atoms with Crippen LogP contribution in [0.1, 0.15) is 50.9 Å². The van der Waals surface area contributed by atoms with Gasteiger partial charge in [-0.2, -0.15) is 0 Å². The Morgan fingerprint density at radius 1 is 0.968 bits per heavy atom. The Kier molecular flexibility index (Phi) is 7.90. The summed E-state index contributed by atoms with van der Waals surface area (Å²) in [6.07, 6.45) is 1.04. The molecule has 31 heavy (non-hydrogen) atoms. The fourth-order valence-electron chi connectivity index (χ4n) is 3.54. The molecule has 1 aromatic carbocycles. The molecular formula is C23H31N3O4S. The monoisotopic (exact) mass is 445 g/mol. The van der Waals surface area contributed by atoms with Gasteiger partial charge in [-0.25, -0.2) is 9.59 Å². The summed E-state index contributed by atoms with van der Waals surface area (Å²) in [5.74, 6) is 0. The van der Waals surface area contributed by atoms with Gasteiger partial charge in [0.25, 0.3) is 0 Å². The Bertz CT molecular complexity index is 909. The molecule has 2 heterocycles. The fraction of sp³-hybridized carbons (Fsp3) is 0.478. The average Bonchev–Trinajstić information content (AvgIpc) is 3.27. The molecule has 3 rings (SSSR count). The van der Waals surface area contributed by atoms with Gasteiger partial charge < -0.3 is 24.7 Å². The average molecular weight is 446 g/mol. The lowest BCUT2D eigenvalue weighted by atomic mass is 10.1. The first kappa shape index (κ1) is 23.1. The van der Waals surface area contributed by atoms with Crippen molar-refractivity contribution in [2.45, 2.75) is 82.3 Å². The minimum atomic E-state index is -0.457. The number of hydrogen-bond acceptors (Lipinski definition) is 5. The van der Waals surface area contributed by atoms with Gasteiger partial charge in [0.15, 0.2) is 0 Å². The van der Waals surface area contributed by atoms with Crippen LogP contribution in [0, 0.1) is 0 Å². The third-order valence-electron chi connectivity index (χ3n) is 4.80. The molecule has 1 aromatic heterocycles. The van der Waals surface area contributed by atoms with Crippen LogP contribution in [0.4, 0.5) is 9.59 Å². The lowest BCUT2D eigenvalue weighted by molar-refractivity contribution is 0.128. The molecule has 0 fully saturated rings. The molecule has 0 radical (unpaired) electrons. The number of ether oxygens (including phenoxy) is 2. The summed E-state index contributed by atoms with van der Waals surface area (Å²) in [6, 6.07) is 10.1.